The molecule has 0 saturated heterocycles. The third-order valence-electron chi connectivity index (χ3n) is 3.50. The number of aliphatic carboxylic acids is 1. The quantitative estimate of drug-likeness (QED) is 0.701. The van der Waals surface area contributed by atoms with Crippen LogP contribution in [0.15, 0.2) is 48.5 Å². The molecule has 0 aliphatic heterocycles. The maximum atomic E-state index is 12.9. The van der Waals surface area contributed by atoms with E-state index in [9.17, 15) is 19.1 Å². The minimum Gasteiger partial charge on any atom is -0.478 e. The molecule has 0 aliphatic rings. The molecule has 1 atom stereocenters. The number of rotatable bonds is 9. The molecule has 2 N–H and O–H groups in total. The van der Waals surface area contributed by atoms with Gasteiger partial charge in [-0.15, -0.1) is 0 Å². The summed E-state index contributed by atoms with van der Waals surface area (Å²) in [4.78, 5) is 23.5. The van der Waals surface area contributed by atoms with Gasteiger partial charge in [-0.05, 0) is 47.7 Å². The summed E-state index contributed by atoms with van der Waals surface area (Å²) in [6.07, 6.45) is -1.27. The zero-order valence-corrected chi connectivity index (χ0v) is 15.1. The molecule has 138 valence electrons. The third kappa shape index (κ3) is 6.07. The Morgan fingerprint density at radius 3 is 2.38 bits per heavy atom. The highest BCUT2D eigenvalue weighted by Gasteiger charge is 2.20. The lowest BCUT2D eigenvalue weighted by atomic mass is 10.1. The molecule has 0 spiro atoms. The number of carboxylic acids is 1. The van der Waals surface area contributed by atoms with E-state index in [2.05, 4.69) is 12.2 Å². The van der Waals surface area contributed by atoms with Crippen molar-refractivity contribution in [2.75, 3.05) is 12.3 Å². The van der Waals surface area contributed by atoms with Crippen LogP contribution in [-0.4, -0.2) is 35.4 Å². The monoisotopic (exact) mass is 377 g/mol. The molecule has 0 aromatic heterocycles. The number of benzene rings is 2. The van der Waals surface area contributed by atoms with Crippen molar-refractivity contribution < 1.29 is 23.8 Å². The van der Waals surface area contributed by atoms with Crippen LogP contribution in [0.5, 0.6) is 5.75 Å². The van der Waals surface area contributed by atoms with Crippen LogP contribution in [0.4, 0.5) is 4.39 Å². The van der Waals surface area contributed by atoms with Crippen LogP contribution in [0.3, 0.4) is 0 Å². The predicted octanol–water partition coefficient (Wildman–Crippen LogP) is 3.34. The number of carbonyl (C=O) groups excluding carboxylic acids is 1. The topological polar surface area (TPSA) is 75.6 Å². The van der Waals surface area contributed by atoms with E-state index in [4.69, 9.17) is 4.74 Å². The highest BCUT2D eigenvalue weighted by Crippen LogP contribution is 2.14. The summed E-state index contributed by atoms with van der Waals surface area (Å²) in [5, 5.41) is 11.8. The van der Waals surface area contributed by atoms with Gasteiger partial charge in [-0.3, -0.25) is 4.79 Å². The van der Waals surface area contributed by atoms with Crippen LogP contribution in [0.2, 0.25) is 0 Å². The van der Waals surface area contributed by atoms with E-state index in [0.717, 1.165) is 17.1 Å². The average Bonchev–Trinajstić information content (AvgIpc) is 2.65. The number of ether oxygens (including phenoxy) is 1. The molecule has 2 rings (SSSR count). The lowest BCUT2D eigenvalue weighted by molar-refractivity contribution is -0.144. The summed E-state index contributed by atoms with van der Waals surface area (Å²) in [6, 6.07) is 12.2. The lowest BCUT2D eigenvalue weighted by Crippen LogP contribution is -2.40. The molecule has 5 nitrogen and oxygen atoms in total. The summed E-state index contributed by atoms with van der Waals surface area (Å²) in [6.45, 7) is 1.87. The van der Waals surface area contributed by atoms with Crippen molar-refractivity contribution in [1.29, 1.82) is 0 Å². The minimum atomic E-state index is -1.27. The first kappa shape index (κ1) is 19.8. The van der Waals surface area contributed by atoms with E-state index in [0.29, 0.717) is 5.56 Å². The van der Waals surface area contributed by atoms with Crippen LogP contribution >= 0.6 is 11.8 Å². The maximum Gasteiger partial charge on any atom is 0.346 e. The van der Waals surface area contributed by atoms with Gasteiger partial charge in [0.05, 0.1) is 6.54 Å². The van der Waals surface area contributed by atoms with Gasteiger partial charge < -0.3 is 15.2 Å². The van der Waals surface area contributed by atoms with Crippen molar-refractivity contribution >= 4 is 23.6 Å². The SMILES string of the molecule is CCSCc1ccc(C(=O)NCC(Oc2ccc(F)cc2)C(=O)O)cc1. The first-order valence-corrected chi connectivity index (χ1v) is 9.25. The number of hydrogen-bond acceptors (Lipinski definition) is 4. The summed E-state index contributed by atoms with van der Waals surface area (Å²) in [5.41, 5.74) is 1.57. The molecule has 26 heavy (non-hydrogen) atoms. The Kier molecular flexibility index (Phi) is 7.47. The third-order valence-corrected chi connectivity index (χ3v) is 4.45. The van der Waals surface area contributed by atoms with Gasteiger partial charge in [0.1, 0.15) is 11.6 Å². The Balaban J connectivity index is 1.92. The van der Waals surface area contributed by atoms with Crippen molar-refractivity contribution in [2.45, 2.75) is 18.8 Å². The van der Waals surface area contributed by atoms with Crippen molar-refractivity contribution in [2.24, 2.45) is 0 Å². The Morgan fingerprint density at radius 1 is 1.15 bits per heavy atom. The van der Waals surface area contributed by atoms with Gasteiger partial charge >= 0.3 is 5.97 Å². The molecule has 1 unspecified atom stereocenters. The van der Waals surface area contributed by atoms with E-state index in [-0.39, 0.29) is 18.2 Å². The number of nitrogens with one attached hydrogen (secondary N) is 1. The average molecular weight is 377 g/mol. The van der Waals surface area contributed by atoms with E-state index in [1.165, 1.54) is 24.3 Å². The maximum absolute atomic E-state index is 12.9. The fourth-order valence-electron chi connectivity index (χ4n) is 2.12. The first-order chi connectivity index (χ1) is 12.5. The molecular formula is C19H20FNO4S. The van der Waals surface area contributed by atoms with Gasteiger partial charge in [-0.2, -0.15) is 11.8 Å². The summed E-state index contributed by atoms with van der Waals surface area (Å²) >= 11 is 1.79. The van der Waals surface area contributed by atoms with Crippen LogP contribution in [-0.2, 0) is 10.5 Å². The Hall–Kier alpha value is -2.54. The molecule has 2 aromatic rings. The van der Waals surface area contributed by atoms with E-state index in [1.54, 1.807) is 23.9 Å². The highest BCUT2D eigenvalue weighted by molar-refractivity contribution is 7.98. The summed E-state index contributed by atoms with van der Waals surface area (Å²) in [7, 11) is 0. The fraction of sp³-hybridized carbons (Fsp3) is 0.263. The molecule has 0 saturated carbocycles. The lowest BCUT2D eigenvalue weighted by Gasteiger charge is -2.16. The number of thioether (sulfide) groups is 1. The molecule has 0 bridgehead atoms. The molecule has 0 heterocycles. The first-order valence-electron chi connectivity index (χ1n) is 8.09. The van der Waals surface area contributed by atoms with Gasteiger partial charge in [0.25, 0.3) is 5.91 Å². The second kappa shape index (κ2) is 9.82. The van der Waals surface area contributed by atoms with Crippen LogP contribution in [0.25, 0.3) is 0 Å². The molecule has 0 fully saturated rings. The summed E-state index contributed by atoms with van der Waals surface area (Å²) < 4.78 is 18.2. The number of hydrogen-bond donors (Lipinski definition) is 2. The van der Waals surface area contributed by atoms with Crippen molar-refractivity contribution in [3.05, 3.63) is 65.5 Å². The Morgan fingerprint density at radius 2 is 1.81 bits per heavy atom. The van der Waals surface area contributed by atoms with E-state index in [1.807, 2.05) is 12.1 Å². The van der Waals surface area contributed by atoms with E-state index < -0.39 is 17.9 Å². The molecule has 1 amide bonds. The number of carbonyl (C=O) groups is 2. The van der Waals surface area contributed by atoms with Crippen molar-refractivity contribution in [3.8, 4) is 5.75 Å². The van der Waals surface area contributed by atoms with E-state index >= 15 is 0 Å². The zero-order valence-electron chi connectivity index (χ0n) is 14.3. The molecule has 0 aliphatic carbocycles. The van der Waals surface area contributed by atoms with Crippen molar-refractivity contribution in [3.63, 3.8) is 0 Å². The molecule has 0 radical (unpaired) electrons. The largest absolute Gasteiger partial charge is 0.478 e. The standard InChI is InChI=1S/C19H20FNO4S/c1-2-26-12-13-3-5-14(6-4-13)18(22)21-11-17(19(23)24)25-16-9-7-15(20)8-10-16/h3-10,17H,2,11-12H2,1H3,(H,21,22)(H,23,24). The van der Waals surface area contributed by atoms with Crippen LogP contribution < -0.4 is 10.1 Å². The van der Waals surface area contributed by atoms with Crippen LogP contribution in [0, 0.1) is 5.82 Å². The smallest absolute Gasteiger partial charge is 0.346 e. The second-order valence-electron chi connectivity index (χ2n) is 5.44. The van der Waals surface area contributed by atoms with Crippen molar-refractivity contribution in [1.82, 2.24) is 5.32 Å². The zero-order chi connectivity index (χ0) is 18.9. The summed E-state index contributed by atoms with van der Waals surface area (Å²) in [5.74, 6) is 0.0667. The minimum absolute atomic E-state index is 0.209. The van der Waals surface area contributed by atoms with Gasteiger partial charge in [0, 0.05) is 11.3 Å². The number of halogens is 1. The number of amides is 1. The molecule has 7 heteroatoms. The second-order valence-corrected chi connectivity index (χ2v) is 6.72. The van der Waals surface area contributed by atoms with Gasteiger partial charge in [-0.1, -0.05) is 19.1 Å². The van der Waals surface area contributed by atoms with Gasteiger partial charge in [0.2, 0.25) is 6.10 Å². The van der Waals surface area contributed by atoms with Gasteiger partial charge in [0.15, 0.2) is 0 Å². The highest BCUT2D eigenvalue weighted by atomic mass is 32.2. The molecule has 2 aromatic carbocycles. The van der Waals surface area contributed by atoms with Gasteiger partial charge in [-0.25, -0.2) is 9.18 Å². The molecular weight excluding hydrogens is 357 g/mol. The fourth-order valence-corrected chi connectivity index (χ4v) is 2.75. The number of carboxylic acid groups (broad SMARTS) is 1. The Bertz CT molecular complexity index is 734. The van der Waals surface area contributed by atoms with Crippen LogP contribution in [0.1, 0.15) is 22.8 Å². The normalized spacial score (nSPS) is 11.6. The predicted molar refractivity (Wildman–Crippen MR) is 99.1 cm³/mol. The Labute approximate surface area is 155 Å².